The minimum absolute atomic E-state index is 0.207. The maximum absolute atomic E-state index is 12.4. The van der Waals surface area contributed by atoms with Crippen LogP contribution in [0.2, 0.25) is 0 Å². The Balaban J connectivity index is 1.90. The van der Waals surface area contributed by atoms with Crippen molar-refractivity contribution < 1.29 is 4.79 Å². The van der Waals surface area contributed by atoms with Crippen molar-refractivity contribution in [2.45, 2.75) is 34.1 Å². The van der Waals surface area contributed by atoms with E-state index in [2.05, 4.69) is 37.5 Å². The Labute approximate surface area is 105 Å². The molecule has 1 amide bonds. The highest BCUT2D eigenvalue weighted by atomic mass is 16.2. The number of nitrogens with zero attached hydrogens (tertiary/aromatic N) is 2. The number of carbonyl (C=O) groups excluding carboxylic acids is 1. The monoisotopic (exact) mass is 238 g/mol. The van der Waals surface area contributed by atoms with Gasteiger partial charge in [-0.05, 0) is 24.3 Å². The molecule has 17 heavy (non-hydrogen) atoms. The Morgan fingerprint density at radius 1 is 1.24 bits per heavy atom. The van der Waals surface area contributed by atoms with Gasteiger partial charge in [-0.25, -0.2) is 0 Å². The van der Waals surface area contributed by atoms with Crippen LogP contribution < -0.4 is 0 Å². The van der Waals surface area contributed by atoms with Gasteiger partial charge in [0.1, 0.15) is 0 Å². The average molecular weight is 238 g/mol. The first-order valence-corrected chi connectivity index (χ1v) is 6.98. The van der Waals surface area contributed by atoms with Gasteiger partial charge in [0.2, 0.25) is 5.91 Å². The van der Waals surface area contributed by atoms with Crippen LogP contribution in [0, 0.1) is 17.3 Å². The van der Waals surface area contributed by atoms with Crippen LogP contribution in [0.4, 0.5) is 0 Å². The Kier molecular flexibility index (Phi) is 3.48. The molecular weight excluding hydrogens is 212 g/mol. The summed E-state index contributed by atoms with van der Waals surface area (Å²) in [4.78, 5) is 16.9. The highest BCUT2D eigenvalue weighted by Gasteiger charge is 2.50. The van der Waals surface area contributed by atoms with Gasteiger partial charge in [-0.3, -0.25) is 4.79 Å². The number of piperazine rings is 1. The van der Waals surface area contributed by atoms with E-state index in [-0.39, 0.29) is 11.3 Å². The Morgan fingerprint density at radius 2 is 1.82 bits per heavy atom. The molecule has 98 valence electrons. The van der Waals surface area contributed by atoms with Gasteiger partial charge in [0.15, 0.2) is 0 Å². The summed E-state index contributed by atoms with van der Waals surface area (Å²) >= 11 is 0. The van der Waals surface area contributed by atoms with Crippen LogP contribution in [-0.4, -0.2) is 48.4 Å². The van der Waals surface area contributed by atoms with E-state index in [0.29, 0.717) is 11.8 Å². The highest BCUT2D eigenvalue weighted by Crippen LogP contribution is 2.51. The van der Waals surface area contributed by atoms with Crippen LogP contribution in [0.25, 0.3) is 0 Å². The number of amides is 1. The summed E-state index contributed by atoms with van der Waals surface area (Å²) in [7, 11) is 0. The molecule has 0 bridgehead atoms. The van der Waals surface area contributed by atoms with E-state index in [1.165, 1.54) is 0 Å². The molecule has 1 saturated heterocycles. The molecule has 1 aliphatic heterocycles. The third-order valence-electron chi connectivity index (χ3n) is 5.19. The number of rotatable bonds is 2. The summed E-state index contributed by atoms with van der Waals surface area (Å²) in [6.07, 6.45) is 1.08. The second-order valence-electron chi connectivity index (χ2n) is 6.27. The summed E-state index contributed by atoms with van der Waals surface area (Å²) in [5.41, 5.74) is 0.207. The van der Waals surface area contributed by atoms with Gasteiger partial charge in [-0.15, -0.1) is 0 Å². The number of carbonyl (C=O) groups is 1. The summed E-state index contributed by atoms with van der Waals surface area (Å²) in [5.74, 6) is 1.36. The van der Waals surface area contributed by atoms with E-state index in [1.54, 1.807) is 0 Å². The molecule has 0 spiro atoms. The van der Waals surface area contributed by atoms with Crippen molar-refractivity contribution in [3.63, 3.8) is 0 Å². The van der Waals surface area contributed by atoms with Crippen molar-refractivity contribution >= 4 is 5.91 Å². The summed E-state index contributed by atoms with van der Waals surface area (Å²) in [6, 6.07) is 0. The quantitative estimate of drug-likeness (QED) is 0.733. The molecule has 2 atom stereocenters. The lowest BCUT2D eigenvalue weighted by molar-refractivity contribution is -0.152. The van der Waals surface area contributed by atoms with E-state index < -0.39 is 0 Å². The summed E-state index contributed by atoms with van der Waals surface area (Å²) in [5, 5.41) is 0. The molecule has 2 fully saturated rings. The largest absolute Gasteiger partial charge is 0.340 e. The zero-order chi connectivity index (χ0) is 12.6. The minimum atomic E-state index is 0.207. The molecule has 0 aromatic rings. The normalized spacial score (nSPS) is 33.3. The first-order chi connectivity index (χ1) is 7.96. The maximum Gasteiger partial charge on any atom is 0.226 e. The smallest absolute Gasteiger partial charge is 0.226 e. The molecule has 0 aromatic carbocycles. The molecule has 2 aliphatic rings. The molecule has 1 saturated carbocycles. The fraction of sp³-hybridized carbons (Fsp3) is 0.929. The van der Waals surface area contributed by atoms with Crippen LogP contribution in [0.5, 0.6) is 0 Å². The Bertz CT molecular complexity index is 293. The molecule has 2 rings (SSSR count). The van der Waals surface area contributed by atoms with Gasteiger partial charge in [0.05, 0.1) is 0 Å². The fourth-order valence-corrected chi connectivity index (χ4v) is 3.07. The molecule has 3 heteroatoms. The highest BCUT2D eigenvalue weighted by molar-refractivity contribution is 5.80. The molecule has 0 unspecified atom stereocenters. The first kappa shape index (κ1) is 12.9. The second-order valence-corrected chi connectivity index (χ2v) is 6.27. The lowest BCUT2D eigenvalue weighted by atomic mass is 9.55. The lowest BCUT2D eigenvalue weighted by Crippen LogP contribution is -2.56. The SMILES string of the molecule is CCN1CCN(C(=O)[C@@H]2C[C@H](C)C2(C)C)CC1. The summed E-state index contributed by atoms with van der Waals surface area (Å²) in [6.45, 7) is 14.0. The zero-order valence-electron chi connectivity index (χ0n) is 11.7. The van der Waals surface area contributed by atoms with Crippen molar-refractivity contribution in [1.82, 2.24) is 9.80 Å². The van der Waals surface area contributed by atoms with Gasteiger partial charge in [0, 0.05) is 32.1 Å². The zero-order valence-corrected chi connectivity index (χ0v) is 11.7. The predicted molar refractivity (Wildman–Crippen MR) is 69.7 cm³/mol. The maximum atomic E-state index is 12.4. The number of likely N-dealkylation sites (N-methyl/N-ethyl adjacent to an activating group) is 1. The average Bonchev–Trinajstić information content (AvgIpc) is 2.35. The lowest BCUT2D eigenvalue weighted by Gasteiger charge is -2.51. The van der Waals surface area contributed by atoms with Crippen molar-refractivity contribution in [3.05, 3.63) is 0 Å². The van der Waals surface area contributed by atoms with Gasteiger partial charge in [-0.1, -0.05) is 27.7 Å². The molecule has 0 radical (unpaired) electrons. The third kappa shape index (κ3) is 2.22. The number of hydrogen-bond acceptors (Lipinski definition) is 2. The molecule has 0 N–H and O–H groups in total. The van der Waals surface area contributed by atoms with E-state index in [4.69, 9.17) is 0 Å². The second kappa shape index (κ2) is 4.60. The number of hydrogen-bond donors (Lipinski definition) is 0. The van der Waals surface area contributed by atoms with Gasteiger partial charge >= 0.3 is 0 Å². The molecular formula is C14H26N2O. The summed E-state index contributed by atoms with van der Waals surface area (Å²) < 4.78 is 0. The molecule has 1 aliphatic carbocycles. The van der Waals surface area contributed by atoms with Crippen LogP contribution in [0.3, 0.4) is 0 Å². The van der Waals surface area contributed by atoms with Crippen LogP contribution >= 0.6 is 0 Å². The van der Waals surface area contributed by atoms with Gasteiger partial charge in [0.25, 0.3) is 0 Å². The Morgan fingerprint density at radius 3 is 2.24 bits per heavy atom. The first-order valence-electron chi connectivity index (χ1n) is 6.98. The molecule has 0 aromatic heterocycles. The minimum Gasteiger partial charge on any atom is -0.340 e. The fourth-order valence-electron chi connectivity index (χ4n) is 3.07. The van der Waals surface area contributed by atoms with Crippen molar-refractivity contribution in [3.8, 4) is 0 Å². The third-order valence-corrected chi connectivity index (χ3v) is 5.19. The topological polar surface area (TPSA) is 23.6 Å². The van der Waals surface area contributed by atoms with E-state index in [1.807, 2.05) is 0 Å². The van der Waals surface area contributed by atoms with Crippen LogP contribution in [-0.2, 0) is 4.79 Å². The van der Waals surface area contributed by atoms with Crippen molar-refractivity contribution in [2.75, 3.05) is 32.7 Å². The van der Waals surface area contributed by atoms with Crippen LogP contribution in [0.15, 0.2) is 0 Å². The van der Waals surface area contributed by atoms with Crippen LogP contribution in [0.1, 0.15) is 34.1 Å². The van der Waals surface area contributed by atoms with E-state index in [0.717, 1.165) is 39.1 Å². The predicted octanol–water partition coefficient (Wildman–Crippen LogP) is 1.83. The standard InChI is InChI=1S/C14H26N2O/c1-5-15-6-8-16(9-7-15)13(17)12-10-11(2)14(12,3)4/h11-12H,5-10H2,1-4H3/t11-,12-/m0/s1. The van der Waals surface area contributed by atoms with Gasteiger partial charge in [-0.2, -0.15) is 0 Å². The van der Waals surface area contributed by atoms with Gasteiger partial charge < -0.3 is 9.80 Å². The Hall–Kier alpha value is -0.570. The molecule has 3 nitrogen and oxygen atoms in total. The van der Waals surface area contributed by atoms with Crippen molar-refractivity contribution in [2.24, 2.45) is 17.3 Å². The van der Waals surface area contributed by atoms with Crippen molar-refractivity contribution in [1.29, 1.82) is 0 Å². The van der Waals surface area contributed by atoms with E-state index in [9.17, 15) is 4.79 Å². The molecule has 1 heterocycles. The van der Waals surface area contributed by atoms with E-state index >= 15 is 0 Å².